The molecule has 0 aliphatic rings. The highest BCUT2D eigenvalue weighted by molar-refractivity contribution is 7.89. The van der Waals surface area contributed by atoms with Gasteiger partial charge in [-0.05, 0) is 31.8 Å². The van der Waals surface area contributed by atoms with Crippen LogP contribution < -0.4 is 4.72 Å². The largest absolute Gasteiger partial charge is 0.392 e. The van der Waals surface area contributed by atoms with Gasteiger partial charge in [-0.25, -0.2) is 13.1 Å². The van der Waals surface area contributed by atoms with Crippen molar-refractivity contribution in [1.29, 1.82) is 0 Å². The zero-order valence-corrected chi connectivity index (χ0v) is 11.9. The molecule has 1 aromatic carbocycles. The van der Waals surface area contributed by atoms with Gasteiger partial charge in [0.2, 0.25) is 10.0 Å². The van der Waals surface area contributed by atoms with E-state index in [2.05, 4.69) is 4.72 Å². The number of likely N-dealkylation sites (N-methyl/N-ethyl adjacent to an activating group) is 1. The van der Waals surface area contributed by atoms with Crippen LogP contribution in [0, 0.1) is 0 Å². The number of nitrogens with one attached hydrogen (secondary N) is 1. The number of aliphatic hydroxyl groups is 1. The number of halogens is 1. The van der Waals surface area contributed by atoms with Crippen molar-refractivity contribution in [2.24, 2.45) is 0 Å². The van der Waals surface area contributed by atoms with E-state index in [-0.39, 0.29) is 16.5 Å². The minimum Gasteiger partial charge on any atom is -0.392 e. The second-order valence-electron chi connectivity index (χ2n) is 4.11. The van der Waals surface area contributed by atoms with Crippen LogP contribution in [0.15, 0.2) is 23.1 Å². The van der Waals surface area contributed by atoms with Crippen molar-refractivity contribution < 1.29 is 13.5 Å². The summed E-state index contributed by atoms with van der Waals surface area (Å²) in [7, 11) is 0.178. The van der Waals surface area contributed by atoms with Crippen LogP contribution in [0.1, 0.15) is 5.56 Å². The smallest absolute Gasteiger partial charge is 0.240 e. The maximum atomic E-state index is 11.9. The lowest BCUT2D eigenvalue weighted by Gasteiger charge is -2.11. The Hall–Kier alpha value is -0.660. The Balaban J connectivity index is 2.82. The molecule has 0 fully saturated rings. The van der Waals surface area contributed by atoms with Gasteiger partial charge in [0.1, 0.15) is 0 Å². The minimum atomic E-state index is -3.55. The molecule has 2 N–H and O–H groups in total. The van der Waals surface area contributed by atoms with E-state index in [9.17, 15) is 8.42 Å². The van der Waals surface area contributed by atoms with Crippen molar-refractivity contribution >= 4 is 21.6 Å². The van der Waals surface area contributed by atoms with Gasteiger partial charge in [0.25, 0.3) is 0 Å². The molecule has 1 aromatic rings. The Morgan fingerprint density at radius 2 is 2.06 bits per heavy atom. The average molecular weight is 293 g/mol. The molecule has 7 heteroatoms. The third-order valence-corrected chi connectivity index (χ3v) is 4.17. The van der Waals surface area contributed by atoms with Gasteiger partial charge in [0.05, 0.1) is 11.5 Å². The number of hydrogen-bond donors (Lipinski definition) is 2. The van der Waals surface area contributed by atoms with Crippen molar-refractivity contribution in [2.45, 2.75) is 11.5 Å². The normalized spacial score (nSPS) is 12.1. The van der Waals surface area contributed by atoms with Crippen molar-refractivity contribution in [3.63, 3.8) is 0 Å². The molecule has 0 spiro atoms. The first-order valence-electron chi connectivity index (χ1n) is 5.40. The molecule has 5 nitrogen and oxygen atoms in total. The summed E-state index contributed by atoms with van der Waals surface area (Å²) >= 11 is 5.86. The SMILES string of the molecule is CN(C)CCNS(=O)(=O)c1ccc(CO)c(Cl)c1. The monoisotopic (exact) mass is 292 g/mol. The molecule has 0 aliphatic carbocycles. The lowest BCUT2D eigenvalue weighted by molar-refractivity contribution is 0.282. The van der Waals surface area contributed by atoms with Crippen LogP contribution in [0.2, 0.25) is 5.02 Å². The maximum absolute atomic E-state index is 11.9. The molecule has 0 aromatic heterocycles. The van der Waals surface area contributed by atoms with Crippen LogP contribution in [0.4, 0.5) is 0 Å². The molecule has 0 bridgehead atoms. The lowest BCUT2D eigenvalue weighted by Crippen LogP contribution is -2.31. The molecule has 0 amide bonds. The highest BCUT2D eigenvalue weighted by Crippen LogP contribution is 2.20. The van der Waals surface area contributed by atoms with Gasteiger partial charge in [-0.3, -0.25) is 0 Å². The van der Waals surface area contributed by atoms with Gasteiger partial charge >= 0.3 is 0 Å². The predicted octanol–water partition coefficient (Wildman–Crippen LogP) is 0.672. The van der Waals surface area contributed by atoms with Gasteiger partial charge < -0.3 is 10.0 Å². The fourth-order valence-electron chi connectivity index (χ4n) is 1.31. The molecule has 0 aliphatic heterocycles. The van der Waals surface area contributed by atoms with Gasteiger partial charge in [-0.1, -0.05) is 17.7 Å². The molecule has 1 rings (SSSR count). The summed E-state index contributed by atoms with van der Waals surface area (Å²) in [5.41, 5.74) is 0.504. The standard InChI is InChI=1S/C11H17ClN2O3S/c1-14(2)6-5-13-18(16,17)10-4-3-9(8-15)11(12)7-10/h3-4,7,13,15H,5-6,8H2,1-2H3. The van der Waals surface area contributed by atoms with Gasteiger partial charge in [0, 0.05) is 18.1 Å². The van der Waals surface area contributed by atoms with E-state index in [0.29, 0.717) is 18.7 Å². The van der Waals surface area contributed by atoms with Gasteiger partial charge in [-0.2, -0.15) is 0 Å². The summed E-state index contributed by atoms with van der Waals surface area (Å²) in [6, 6.07) is 4.27. The average Bonchev–Trinajstić information content (AvgIpc) is 2.28. The van der Waals surface area contributed by atoms with Crippen molar-refractivity contribution in [3.05, 3.63) is 28.8 Å². The fraction of sp³-hybridized carbons (Fsp3) is 0.455. The summed E-state index contributed by atoms with van der Waals surface area (Å²) in [4.78, 5) is 1.98. The summed E-state index contributed by atoms with van der Waals surface area (Å²) < 4.78 is 26.3. The Morgan fingerprint density at radius 1 is 1.39 bits per heavy atom. The van der Waals surface area contributed by atoms with E-state index >= 15 is 0 Å². The van der Waals surface area contributed by atoms with E-state index in [1.54, 1.807) is 0 Å². The predicted molar refractivity (Wildman–Crippen MR) is 71.1 cm³/mol. The van der Waals surface area contributed by atoms with Crippen LogP contribution in [0.25, 0.3) is 0 Å². The van der Waals surface area contributed by atoms with Crippen LogP contribution in [0.3, 0.4) is 0 Å². The lowest BCUT2D eigenvalue weighted by atomic mass is 10.2. The Labute approximate surface area is 112 Å². The summed E-state index contributed by atoms with van der Waals surface area (Å²) in [6.45, 7) is 0.726. The first-order valence-corrected chi connectivity index (χ1v) is 7.26. The molecule has 0 saturated carbocycles. The molecule has 0 radical (unpaired) electrons. The third-order valence-electron chi connectivity index (χ3n) is 2.36. The molecule has 102 valence electrons. The summed E-state index contributed by atoms with van der Waals surface area (Å²) in [6.07, 6.45) is 0. The number of rotatable bonds is 6. The van der Waals surface area contributed by atoms with E-state index in [1.807, 2.05) is 19.0 Å². The van der Waals surface area contributed by atoms with Gasteiger partial charge in [-0.15, -0.1) is 0 Å². The first-order chi connectivity index (χ1) is 8.36. The Morgan fingerprint density at radius 3 is 2.56 bits per heavy atom. The van der Waals surface area contributed by atoms with E-state index in [0.717, 1.165) is 0 Å². The number of aliphatic hydroxyl groups excluding tert-OH is 1. The molecular formula is C11H17ClN2O3S. The number of hydrogen-bond acceptors (Lipinski definition) is 4. The Kier molecular flexibility index (Phi) is 5.55. The van der Waals surface area contributed by atoms with E-state index < -0.39 is 10.0 Å². The van der Waals surface area contributed by atoms with Crippen LogP contribution in [-0.2, 0) is 16.6 Å². The number of sulfonamides is 1. The van der Waals surface area contributed by atoms with Crippen molar-refractivity contribution in [2.75, 3.05) is 27.2 Å². The third kappa shape index (κ3) is 4.22. The van der Waals surface area contributed by atoms with Crippen LogP contribution in [-0.4, -0.2) is 45.6 Å². The highest BCUT2D eigenvalue weighted by Gasteiger charge is 2.14. The van der Waals surface area contributed by atoms with E-state index in [4.69, 9.17) is 16.7 Å². The van der Waals surface area contributed by atoms with Crippen molar-refractivity contribution in [3.8, 4) is 0 Å². The Bertz CT molecular complexity index is 503. The summed E-state index contributed by atoms with van der Waals surface area (Å²) in [5, 5.41) is 9.20. The van der Waals surface area contributed by atoms with Crippen LogP contribution >= 0.6 is 11.6 Å². The quantitative estimate of drug-likeness (QED) is 0.809. The maximum Gasteiger partial charge on any atom is 0.240 e. The zero-order chi connectivity index (χ0) is 13.8. The first kappa shape index (κ1) is 15.4. The molecule has 0 saturated heterocycles. The second-order valence-corrected chi connectivity index (χ2v) is 6.29. The van der Waals surface area contributed by atoms with Gasteiger partial charge in [0.15, 0.2) is 0 Å². The number of nitrogens with zero attached hydrogens (tertiary/aromatic N) is 1. The molecule has 18 heavy (non-hydrogen) atoms. The number of benzene rings is 1. The summed E-state index contributed by atoms with van der Waals surface area (Å²) in [5.74, 6) is 0. The molecule has 0 atom stereocenters. The molecular weight excluding hydrogens is 276 g/mol. The molecule has 0 unspecified atom stereocenters. The minimum absolute atomic E-state index is 0.100. The topological polar surface area (TPSA) is 69.6 Å². The zero-order valence-electron chi connectivity index (χ0n) is 10.4. The van der Waals surface area contributed by atoms with Crippen LogP contribution in [0.5, 0.6) is 0 Å². The van der Waals surface area contributed by atoms with E-state index in [1.165, 1.54) is 18.2 Å². The fourth-order valence-corrected chi connectivity index (χ4v) is 2.66. The van der Waals surface area contributed by atoms with Crippen molar-refractivity contribution in [1.82, 2.24) is 9.62 Å². The highest BCUT2D eigenvalue weighted by atomic mass is 35.5. The second kappa shape index (κ2) is 6.49. The molecule has 0 heterocycles.